The highest BCUT2D eigenvalue weighted by Crippen LogP contribution is 2.59. The molecular weight excluding hydrogens is 675 g/mol. The first-order chi connectivity index (χ1) is 27.0. The maximum absolute atomic E-state index is 6.95. The zero-order valence-electron chi connectivity index (χ0n) is 30.2. The fourth-order valence-corrected chi connectivity index (χ4v) is 8.40. The molecule has 2 heterocycles. The van der Waals surface area contributed by atoms with Crippen LogP contribution in [-0.2, 0) is 5.41 Å². The van der Waals surface area contributed by atoms with Crippen molar-refractivity contribution in [1.29, 1.82) is 0 Å². The molecule has 5 nitrogen and oxygen atoms in total. The van der Waals surface area contributed by atoms with Crippen LogP contribution >= 0.6 is 0 Å². The molecule has 0 unspecified atom stereocenters. The summed E-state index contributed by atoms with van der Waals surface area (Å²) in [5.41, 5.74) is 9.27. The zero-order chi connectivity index (χ0) is 36.7. The van der Waals surface area contributed by atoms with E-state index in [-0.39, 0.29) is 5.41 Å². The molecule has 55 heavy (non-hydrogen) atoms. The molecule has 0 N–H and O–H groups in total. The van der Waals surface area contributed by atoms with Gasteiger partial charge in [0.1, 0.15) is 0 Å². The number of hydrogen-bond acceptors (Lipinski definition) is 5. The number of nitrogens with zero attached hydrogens (tertiary/aromatic N) is 3. The van der Waals surface area contributed by atoms with Crippen LogP contribution in [0.5, 0.6) is 23.0 Å². The van der Waals surface area contributed by atoms with Crippen molar-refractivity contribution < 1.29 is 9.47 Å². The van der Waals surface area contributed by atoms with Crippen molar-refractivity contribution in [2.75, 3.05) is 0 Å². The summed E-state index contributed by atoms with van der Waals surface area (Å²) in [6, 6.07) is 56.6. The first-order valence-corrected chi connectivity index (χ1v) is 18.6. The Bertz CT molecular complexity index is 3020. The lowest BCUT2D eigenvalue weighted by molar-refractivity contribution is 0.361. The highest BCUT2D eigenvalue weighted by atomic mass is 16.6. The second-order valence-corrected chi connectivity index (χ2v) is 14.8. The highest BCUT2D eigenvalue weighted by Gasteiger charge is 2.39. The third-order valence-corrected chi connectivity index (χ3v) is 11.2. The van der Waals surface area contributed by atoms with Gasteiger partial charge < -0.3 is 9.47 Å². The van der Waals surface area contributed by atoms with Crippen LogP contribution in [0.1, 0.15) is 25.0 Å². The Kier molecular flexibility index (Phi) is 6.83. The van der Waals surface area contributed by atoms with Crippen LogP contribution in [0.2, 0.25) is 0 Å². The summed E-state index contributed by atoms with van der Waals surface area (Å²) in [5, 5.41) is 4.78. The number of para-hydroxylation sites is 1. The number of fused-ring (bicyclic) bond motifs is 9. The number of hydrogen-bond donors (Lipinski definition) is 0. The van der Waals surface area contributed by atoms with Gasteiger partial charge >= 0.3 is 0 Å². The molecule has 0 bridgehead atoms. The van der Waals surface area contributed by atoms with Crippen molar-refractivity contribution in [1.82, 2.24) is 15.0 Å². The van der Waals surface area contributed by atoms with Crippen LogP contribution in [0.4, 0.5) is 0 Å². The van der Waals surface area contributed by atoms with Gasteiger partial charge in [0.15, 0.2) is 40.5 Å². The van der Waals surface area contributed by atoms with Crippen molar-refractivity contribution >= 4 is 21.5 Å². The van der Waals surface area contributed by atoms with Crippen molar-refractivity contribution in [2.24, 2.45) is 0 Å². The van der Waals surface area contributed by atoms with E-state index in [4.69, 9.17) is 24.4 Å². The summed E-state index contributed by atoms with van der Waals surface area (Å²) < 4.78 is 13.5. The summed E-state index contributed by atoms with van der Waals surface area (Å²) in [6.07, 6.45) is 0. The van der Waals surface area contributed by atoms with Gasteiger partial charge in [0.05, 0.1) is 0 Å². The molecule has 9 aromatic rings. The van der Waals surface area contributed by atoms with Crippen molar-refractivity contribution in [3.05, 3.63) is 175 Å². The minimum atomic E-state index is -0.151. The lowest BCUT2D eigenvalue weighted by atomic mass is 9.82. The summed E-state index contributed by atoms with van der Waals surface area (Å²) in [4.78, 5) is 15.2. The molecule has 0 fully saturated rings. The van der Waals surface area contributed by atoms with Crippen LogP contribution in [0.15, 0.2) is 164 Å². The van der Waals surface area contributed by atoms with E-state index in [1.54, 1.807) is 0 Å². The van der Waals surface area contributed by atoms with Gasteiger partial charge in [-0.25, -0.2) is 15.0 Å². The molecule has 0 atom stereocenters. The first-order valence-electron chi connectivity index (χ1n) is 18.6. The lowest BCUT2D eigenvalue weighted by Crippen LogP contribution is -2.15. The summed E-state index contributed by atoms with van der Waals surface area (Å²) >= 11 is 0. The van der Waals surface area contributed by atoms with E-state index in [0.717, 1.165) is 50.3 Å². The normalized spacial score (nSPS) is 13.3. The quantitative estimate of drug-likeness (QED) is 0.170. The molecule has 260 valence electrons. The van der Waals surface area contributed by atoms with Crippen molar-refractivity contribution in [3.8, 4) is 79.4 Å². The van der Waals surface area contributed by atoms with Gasteiger partial charge in [-0.15, -0.1) is 0 Å². The number of ether oxygens (including phenoxy) is 2. The summed E-state index contributed by atoms with van der Waals surface area (Å²) in [6.45, 7) is 4.55. The van der Waals surface area contributed by atoms with E-state index in [2.05, 4.69) is 123 Å². The topological polar surface area (TPSA) is 57.1 Å². The molecule has 1 aromatic heterocycles. The van der Waals surface area contributed by atoms with E-state index in [9.17, 15) is 0 Å². The third-order valence-electron chi connectivity index (χ3n) is 11.2. The Hall–Kier alpha value is -7.11. The molecule has 2 aliphatic rings. The average molecular weight is 708 g/mol. The minimum absolute atomic E-state index is 0.151. The van der Waals surface area contributed by atoms with Crippen LogP contribution in [-0.4, -0.2) is 15.0 Å². The second kappa shape index (κ2) is 12.0. The largest absolute Gasteiger partial charge is 0.449 e. The second-order valence-electron chi connectivity index (χ2n) is 14.8. The summed E-state index contributed by atoms with van der Waals surface area (Å²) in [7, 11) is 0. The van der Waals surface area contributed by atoms with E-state index in [1.807, 2.05) is 54.6 Å². The fraction of sp³-hybridized carbons (Fsp3) is 0.0600. The van der Waals surface area contributed by atoms with E-state index < -0.39 is 0 Å². The van der Waals surface area contributed by atoms with Crippen LogP contribution in [0, 0.1) is 0 Å². The van der Waals surface area contributed by atoms with Gasteiger partial charge in [0, 0.05) is 33.2 Å². The van der Waals surface area contributed by atoms with E-state index in [1.165, 1.54) is 32.8 Å². The highest BCUT2D eigenvalue weighted by molar-refractivity contribution is 6.08. The predicted molar refractivity (Wildman–Crippen MR) is 221 cm³/mol. The molecule has 8 aromatic carbocycles. The van der Waals surface area contributed by atoms with Crippen LogP contribution < -0.4 is 9.47 Å². The van der Waals surface area contributed by atoms with Crippen LogP contribution in [0.25, 0.3) is 78.0 Å². The molecule has 5 heteroatoms. The van der Waals surface area contributed by atoms with E-state index >= 15 is 0 Å². The lowest BCUT2D eigenvalue weighted by Gasteiger charge is -2.26. The SMILES string of the molecule is CC1(C)c2ccccc2-c2c1ccc1c2Oc2c(cccc2-c2cccc(-c3nc(-c4ccccc4)nc(-c4ccc5c(ccc6ccccc65)c4)n3)c2)O1. The first kappa shape index (κ1) is 31.4. The summed E-state index contributed by atoms with van der Waals surface area (Å²) in [5.74, 6) is 4.67. The Morgan fingerprint density at radius 1 is 0.400 bits per heavy atom. The van der Waals surface area contributed by atoms with Gasteiger partial charge in [0.2, 0.25) is 0 Å². The van der Waals surface area contributed by atoms with Gasteiger partial charge in [-0.3, -0.25) is 0 Å². The monoisotopic (exact) mass is 707 g/mol. The molecule has 0 spiro atoms. The molecule has 0 radical (unpaired) electrons. The van der Waals surface area contributed by atoms with Gasteiger partial charge in [0.25, 0.3) is 0 Å². The Morgan fingerprint density at radius 2 is 1.04 bits per heavy atom. The smallest absolute Gasteiger partial charge is 0.178 e. The van der Waals surface area contributed by atoms with Gasteiger partial charge in [-0.05, 0) is 68.1 Å². The molecule has 0 saturated carbocycles. The Morgan fingerprint density at radius 3 is 1.91 bits per heavy atom. The zero-order valence-corrected chi connectivity index (χ0v) is 30.2. The number of aromatic nitrogens is 3. The van der Waals surface area contributed by atoms with Crippen molar-refractivity contribution in [2.45, 2.75) is 19.3 Å². The Labute approximate surface area is 318 Å². The molecule has 1 aliphatic heterocycles. The number of benzene rings is 8. The predicted octanol–water partition coefficient (Wildman–Crippen LogP) is 13.1. The third kappa shape index (κ3) is 4.97. The van der Waals surface area contributed by atoms with Crippen LogP contribution in [0.3, 0.4) is 0 Å². The molecule has 0 saturated heterocycles. The minimum Gasteiger partial charge on any atom is -0.449 e. The molecule has 1 aliphatic carbocycles. The maximum atomic E-state index is 6.95. The standard InChI is InChI=1S/C50H33N3O2/c1-50(2)40-20-9-8-18-39(40)44-41(50)26-27-43-46(44)55-45-38(19-11-21-42(45)54-43)32-15-10-16-34(28-32)48-51-47(31-13-4-3-5-14-31)52-49(53-48)35-24-25-37-33(29-35)23-22-30-12-6-7-17-36(30)37/h3-29H,1-2H3. The number of rotatable bonds is 4. The van der Waals surface area contributed by atoms with E-state index in [0.29, 0.717) is 29.0 Å². The fourth-order valence-electron chi connectivity index (χ4n) is 8.40. The van der Waals surface area contributed by atoms with Gasteiger partial charge in [-0.2, -0.15) is 0 Å². The molecule has 0 amide bonds. The Balaban J connectivity index is 1.02. The van der Waals surface area contributed by atoms with Crippen molar-refractivity contribution in [3.63, 3.8) is 0 Å². The average Bonchev–Trinajstić information content (AvgIpc) is 3.48. The molecule has 11 rings (SSSR count). The molecular formula is C50H33N3O2. The van der Waals surface area contributed by atoms with Gasteiger partial charge in [-0.1, -0.05) is 153 Å². The maximum Gasteiger partial charge on any atom is 0.178 e.